The molecule has 1 N–H and O–H groups in total. The molecule has 0 radical (unpaired) electrons. The molecule has 0 amide bonds. The first-order valence-electron chi connectivity index (χ1n) is 3.39. The summed E-state index contributed by atoms with van der Waals surface area (Å²) in [6, 6.07) is 0. The first-order chi connectivity index (χ1) is 5.11. The predicted octanol–water partition coefficient (Wildman–Crippen LogP) is 1.18. The Labute approximate surface area is 70.3 Å². The van der Waals surface area contributed by atoms with Crippen molar-refractivity contribution >= 4 is 12.6 Å². The molecule has 0 aromatic carbocycles. The maximum absolute atomic E-state index is 11.1. The van der Waals surface area contributed by atoms with Crippen molar-refractivity contribution in [3.05, 3.63) is 22.1 Å². The standard InChI is InChI=1S/C7H10N2OS/c1-4(2)5-3-8-7(11)9-6(5)10/h3-4H,1-2H3,(H2,8,9,10,11). The summed E-state index contributed by atoms with van der Waals surface area (Å²) < 4.78 is 0. The van der Waals surface area contributed by atoms with Gasteiger partial charge in [-0.15, -0.1) is 12.6 Å². The van der Waals surface area contributed by atoms with E-state index in [1.807, 2.05) is 13.8 Å². The number of rotatable bonds is 1. The highest BCUT2D eigenvalue weighted by molar-refractivity contribution is 7.80. The second kappa shape index (κ2) is 3.09. The Bertz CT molecular complexity index is 306. The molecule has 0 fully saturated rings. The molecule has 1 aromatic heterocycles. The average molecular weight is 170 g/mol. The van der Waals surface area contributed by atoms with E-state index in [9.17, 15) is 4.79 Å². The zero-order valence-corrected chi connectivity index (χ0v) is 7.35. The Morgan fingerprint density at radius 2 is 2.27 bits per heavy atom. The first-order valence-corrected chi connectivity index (χ1v) is 3.84. The van der Waals surface area contributed by atoms with Gasteiger partial charge in [0, 0.05) is 11.8 Å². The van der Waals surface area contributed by atoms with Gasteiger partial charge in [0.1, 0.15) is 0 Å². The number of nitrogens with one attached hydrogen (secondary N) is 1. The molecular formula is C7H10N2OS. The average Bonchev–Trinajstić information content (AvgIpc) is 1.85. The number of hydrogen-bond acceptors (Lipinski definition) is 3. The second-order valence-electron chi connectivity index (χ2n) is 2.65. The number of aromatic amines is 1. The smallest absolute Gasteiger partial charge is 0.254 e. The highest BCUT2D eigenvalue weighted by Gasteiger charge is 2.03. The van der Waals surface area contributed by atoms with Gasteiger partial charge in [0.15, 0.2) is 5.16 Å². The fraction of sp³-hybridized carbons (Fsp3) is 0.429. The summed E-state index contributed by atoms with van der Waals surface area (Å²) in [6.07, 6.45) is 1.56. The molecule has 0 aliphatic rings. The fourth-order valence-electron chi connectivity index (χ4n) is 0.807. The monoisotopic (exact) mass is 170 g/mol. The van der Waals surface area contributed by atoms with Crippen LogP contribution in [0.4, 0.5) is 0 Å². The Kier molecular flexibility index (Phi) is 2.34. The van der Waals surface area contributed by atoms with E-state index in [-0.39, 0.29) is 11.5 Å². The minimum Gasteiger partial charge on any atom is -0.301 e. The maximum atomic E-state index is 11.1. The van der Waals surface area contributed by atoms with Crippen LogP contribution >= 0.6 is 12.6 Å². The van der Waals surface area contributed by atoms with Gasteiger partial charge in [-0.05, 0) is 5.92 Å². The Morgan fingerprint density at radius 3 is 2.73 bits per heavy atom. The van der Waals surface area contributed by atoms with Gasteiger partial charge in [-0.3, -0.25) is 4.79 Å². The SMILES string of the molecule is CC(C)c1cnc(S)[nH]c1=O. The molecule has 0 saturated carbocycles. The third kappa shape index (κ3) is 1.83. The van der Waals surface area contributed by atoms with E-state index in [1.165, 1.54) is 0 Å². The second-order valence-corrected chi connectivity index (χ2v) is 3.07. The third-order valence-electron chi connectivity index (χ3n) is 1.44. The van der Waals surface area contributed by atoms with Gasteiger partial charge in [-0.1, -0.05) is 13.8 Å². The van der Waals surface area contributed by atoms with Crippen molar-refractivity contribution in [1.82, 2.24) is 9.97 Å². The summed E-state index contributed by atoms with van der Waals surface area (Å²) in [6.45, 7) is 3.90. The van der Waals surface area contributed by atoms with E-state index in [0.29, 0.717) is 10.7 Å². The first kappa shape index (κ1) is 8.33. The molecule has 1 aromatic rings. The molecule has 60 valence electrons. The van der Waals surface area contributed by atoms with E-state index in [2.05, 4.69) is 22.6 Å². The minimum atomic E-state index is -0.0972. The molecule has 0 saturated heterocycles. The normalized spacial score (nSPS) is 10.5. The molecule has 0 atom stereocenters. The van der Waals surface area contributed by atoms with Crippen LogP contribution in [0, 0.1) is 0 Å². The maximum Gasteiger partial charge on any atom is 0.254 e. The van der Waals surface area contributed by atoms with E-state index >= 15 is 0 Å². The van der Waals surface area contributed by atoms with E-state index < -0.39 is 0 Å². The van der Waals surface area contributed by atoms with Crippen molar-refractivity contribution in [3.63, 3.8) is 0 Å². The Morgan fingerprint density at radius 1 is 1.64 bits per heavy atom. The quantitative estimate of drug-likeness (QED) is 0.491. The zero-order chi connectivity index (χ0) is 8.43. The minimum absolute atomic E-state index is 0.0972. The zero-order valence-electron chi connectivity index (χ0n) is 6.46. The topological polar surface area (TPSA) is 45.8 Å². The highest BCUT2D eigenvalue weighted by atomic mass is 32.1. The lowest BCUT2D eigenvalue weighted by molar-refractivity contribution is 0.801. The van der Waals surface area contributed by atoms with Crippen LogP contribution in [0.3, 0.4) is 0 Å². The number of thiol groups is 1. The summed E-state index contributed by atoms with van der Waals surface area (Å²) in [5.41, 5.74) is 0.600. The molecule has 1 heterocycles. The molecule has 0 bridgehead atoms. The third-order valence-corrected chi connectivity index (χ3v) is 1.66. The van der Waals surface area contributed by atoms with Gasteiger partial charge in [-0.2, -0.15) is 0 Å². The van der Waals surface area contributed by atoms with Crippen molar-refractivity contribution in [2.45, 2.75) is 24.9 Å². The molecule has 11 heavy (non-hydrogen) atoms. The number of nitrogens with zero attached hydrogens (tertiary/aromatic N) is 1. The predicted molar refractivity (Wildman–Crippen MR) is 46.2 cm³/mol. The molecule has 4 heteroatoms. The number of hydrogen-bond donors (Lipinski definition) is 2. The lowest BCUT2D eigenvalue weighted by atomic mass is 10.1. The Hall–Kier alpha value is -0.770. The van der Waals surface area contributed by atoms with Gasteiger partial charge in [0.05, 0.1) is 0 Å². The molecule has 3 nitrogen and oxygen atoms in total. The molecular weight excluding hydrogens is 160 g/mol. The molecule has 0 aliphatic heterocycles. The highest BCUT2D eigenvalue weighted by Crippen LogP contribution is 2.06. The summed E-state index contributed by atoms with van der Waals surface area (Å²) in [4.78, 5) is 17.5. The summed E-state index contributed by atoms with van der Waals surface area (Å²) in [5.74, 6) is 0.209. The van der Waals surface area contributed by atoms with Gasteiger partial charge in [0.2, 0.25) is 0 Å². The van der Waals surface area contributed by atoms with Crippen molar-refractivity contribution in [3.8, 4) is 0 Å². The van der Waals surface area contributed by atoms with Crippen LogP contribution in [0.5, 0.6) is 0 Å². The van der Waals surface area contributed by atoms with Crippen molar-refractivity contribution < 1.29 is 0 Å². The van der Waals surface area contributed by atoms with Gasteiger partial charge in [0.25, 0.3) is 5.56 Å². The van der Waals surface area contributed by atoms with E-state index in [1.54, 1.807) is 6.20 Å². The lowest BCUT2D eigenvalue weighted by Gasteiger charge is -2.01. The summed E-state index contributed by atoms with van der Waals surface area (Å²) >= 11 is 3.90. The van der Waals surface area contributed by atoms with Crippen molar-refractivity contribution in [1.29, 1.82) is 0 Å². The van der Waals surface area contributed by atoms with Gasteiger partial charge in [-0.25, -0.2) is 4.98 Å². The van der Waals surface area contributed by atoms with Crippen LogP contribution in [0.25, 0.3) is 0 Å². The van der Waals surface area contributed by atoms with Gasteiger partial charge < -0.3 is 4.98 Å². The molecule has 0 spiro atoms. The van der Waals surface area contributed by atoms with Crippen LogP contribution in [0.1, 0.15) is 25.3 Å². The van der Waals surface area contributed by atoms with Gasteiger partial charge >= 0.3 is 0 Å². The van der Waals surface area contributed by atoms with Crippen molar-refractivity contribution in [2.24, 2.45) is 0 Å². The lowest BCUT2D eigenvalue weighted by Crippen LogP contribution is -2.14. The Balaban J connectivity index is 3.21. The van der Waals surface area contributed by atoms with Crippen LogP contribution in [-0.4, -0.2) is 9.97 Å². The fourth-order valence-corrected chi connectivity index (χ4v) is 0.966. The molecule has 0 aliphatic carbocycles. The van der Waals surface area contributed by atoms with Crippen LogP contribution in [0.2, 0.25) is 0 Å². The van der Waals surface area contributed by atoms with Crippen LogP contribution in [-0.2, 0) is 0 Å². The van der Waals surface area contributed by atoms with Crippen LogP contribution < -0.4 is 5.56 Å². The van der Waals surface area contributed by atoms with E-state index in [4.69, 9.17) is 0 Å². The number of H-pyrrole nitrogens is 1. The van der Waals surface area contributed by atoms with Crippen molar-refractivity contribution in [2.75, 3.05) is 0 Å². The summed E-state index contributed by atoms with van der Waals surface area (Å²) in [7, 11) is 0. The molecule has 0 unspecified atom stereocenters. The largest absolute Gasteiger partial charge is 0.301 e. The number of aromatic nitrogens is 2. The van der Waals surface area contributed by atoms with E-state index in [0.717, 1.165) is 0 Å². The van der Waals surface area contributed by atoms with Crippen LogP contribution in [0.15, 0.2) is 16.1 Å². The summed E-state index contributed by atoms with van der Waals surface area (Å²) in [5, 5.41) is 0.361. The molecule has 1 rings (SSSR count).